The molecule has 0 aromatic carbocycles. The molecule has 2 heteroatoms. The van der Waals surface area contributed by atoms with Crippen LogP contribution in [-0.4, -0.2) is 37.1 Å². The Balaban J connectivity index is 2.33. The maximum Gasteiger partial charge on any atom is 0.0119 e. The standard InChI is InChI=1S/C14H30N2/c1-4-11-16(12-8-13(3)5-2)14-6-9-15-10-7-14/h13-15H,4-12H2,1-3H3. The fourth-order valence-electron chi connectivity index (χ4n) is 2.53. The SMILES string of the molecule is CCCN(CCC(C)CC)C1CCNCC1. The fraction of sp³-hybridized carbons (Fsp3) is 1.00. The Bertz CT molecular complexity index is 164. The van der Waals surface area contributed by atoms with Gasteiger partial charge in [0, 0.05) is 6.04 Å². The Labute approximate surface area is 102 Å². The molecule has 96 valence electrons. The average Bonchev–Trinajstić information content (AvgIpc) is 2.35. The molecular formula is C14H30N2. The van der Waals surface area contributed by atoms with Crippen molar-refractivity contribution < 1.29 is 0 Å². The van der Waals surface area contributed by atoms with E-state index in [9.17, 15) is 0 Å². The summed E-state index contributed by atoms with van der Waals surface area (Å²) in [5.41, 5.74) is 0. The summed E-state index contributed by atoms with van der Waals surface area (Å²) in [5, 5.41) is 3.46. The lowest BCUT2D eigenvalue weighted by Crippen LogP contribution is -2.44. The first-order valence-electron chi connectivity index (χ1n) is 7.22. The van der Waals surface area contributed by atoms with Gasteiger partial charge in [-0.15, -0.1) is 0 Å². The number of hydrogen-bond donors (Lipinski definition) is 1. The summed E-state index contributed by atoms with van der Waals surface area (Å²) < 4.78 is 0. The van der Waals surface area contributed by atoms with Gasteiger partial charge in [0.2, 0.25) is 0 Å². The van der Waals surface area contributed by atoms with Crippen molar-refractivity contribution in [2.24, 2.45) is 5.92 Å². The van der Waals surface area contributed by atoms with Crippen LogP contribution < -0.4 is 5.32 Å². The lowest BCUT2D eigenvalue weighted by molar-refractivity contribution is 0.153. The predicted octanol–water partition coefficient (Wildman–Crippen LogP) is 2.89. The van der Waals surface area contributed by atoms with Gasteiger partial charge in [-0.1, -0.05) is 27.2 Å². The molecule has 1 fully saturated rings. The second-order valence-corrected chi connectivity index (χ2v) is 5.32. The smallest absolute Gasteiger partial charge is 0.0119 e. The highest BCUT2D eigenvalue weighted by molar-refractivity contribution is 4.77. The van der Waals surface area contributed by atoms with Crippen LogP contribution >= 0.6 is 0 Å². The number of rotatable bonds is 7. The van der Waals surface area contributed by atoms with Crippen molar-refractivity contribution in [3.8, 4) is 0 Å². The zero-order valence-electron chi connectivity index (χ0n) is 11.5. The molecule has 1 heterocycles. The van der Waals surface area contributed by atoms with Gasteiger partial charge in [0.1, 0.15) is 0 Å². The lowest BCUT2D eigenvalue weighted by Gasteiger charge is -2.35. The predicted molar refractivity (Wildman–Crippen MR) is 71.8 cm³/mol. The van der Waals surface area contributed by atoms with Crippen LogP contribution in [0.2, 0.25) is 0 Å². The van der Waals surface area contributed by atoms with Crippen LogP contribution in [0.25, 0.3) is 0 Å². The molecule has 0 aromatic rings. The van der Waals surface area contributed by atoms with E-state index in [1.165, 1.54) is 58.3 Å². The third kappa shape index (κ3) is 4.84. The van der Waals surface area contributed by atoms with E-state index in [0.29, 0.717) is 0 Å². The van der Waals surface area contributed by atoms with E-state index < -0.39 is 0 Å². The highest BCUT2D eigenvalue weighted by Crippen LogP contribution is 2.15. The van der Waals surface area contributed by atoms with Crippen LogP contribution in [-0.2, 0) is 0 Å². The van der Waals surface area contributed by atoms with E-state index in [0.717, 1.165) is 12.0 Å². The molecule has 1 aliphatic heterocycles. The molecule has 1 rings (SSSR count). The summed E-state index contributed by atoms with van der Waals surface area (Å²) >= 11 is 0. The van der Waals surface area contributed by atoms with Gasteiger partial charge < -0.3 is 10.2 Å². The number of nitrogens with zero attached hydrogens (tertiary/aromatic N) is 1. The van der Waals surface area contributed by atoms with Crippen molar-refractivity contribution >= 4 is 0 Å². The Morgan fingerprint density at radius 2 is 1.88 bits per heavy atom. The molecule has 0 spiro atoms. The van der Waals surface area contributed by atoms with Gasteiger partial charge in [-0.25, -0.2) is 0 Å². The maximum absolute atomic E-state index is 3.46. The van der Waals surface area contributed by atoms with Crippen LogP contribution in [0.1, 0.15) is 52.9 Å². The average molecular weight is 226 g/mol. The molecule has 0 saturated carbocycles. The van der Waals surface area contributed by atoms with Gasteiger partial charge in [0.05, 0.1) is 0 Å². The van der Waals surface area contributed by atoms with Crippen molar-refractivity contribution in [1.29, 1.82) is 0 Å². The number of piperidine rings is 1. The van der Waals surface area contributed by atoms with Crippen LogP contribution in [0.4, 0.5) is 0 Å². The molecule has 1 atom stereocenters. The lowest BCUT2D eigenvalue weighted by atomic mass is 10.0. The maximum atomic E-state index is 3.46. The Morgan fingerprint density at radius 1 is 1.19 bits per heavy atom. The monoisotopic (exact) mass is 226 g/mol. The topological polar surface area (TPSA) is 15.3 Å². The Morgan fingerprint density at radius 3 is 2.44 bits per heavy atom. The zero-order chi connectivity index (χ0) is 11.8. The molecular weight excluding hydrogens is 196 g/mol. The van der Waals surface area contributed by atoms with Gasteiger partial charge >= 0.3 is 0 Å². The minimum atomic E-state index is 0.852. The van der Waals surface area contributed by atoms with Crippen molar-refractivity contribution in [2.75, 3.05) is 26.2 Å². The molecule has 0 bridgehead atoms. The molecule has 0 aromatic heterocycles. The summed E-state index contributed by atoms with van der Waals surface area (Å²) in [6.45, 7) is 12.0. The van der Waals surface area contributed by atoms with Crippen LogP contribution in [0.5, 0.6) is 0 Å². The van der Waals surface area contributed by atoms with Gasteiger partial charge in [-0.2, -0.15) is 0 Å². The highest BCUT2D eigenvalue weighted by atomic mass is 15.2. The molecule has 0 amide bonds. The van der Waals surface area contributed by atoms with E-state index in [1.54, 1.807) is 0 Å². The van der Waals surface area contributed by atoms with Crippen molar-refractivity contribution in [3.05, 3.63) is 0 Å². The summed E-state index contributed by atoms with van der Waals surface area (Å²) in [6.07, 6.45) is 6.69. The minimum Gasteiger partial charge on any atom is -0.317 e. The second kappa shape index (κ2) is 8.08. The minimum absolute atomic E-state index is 0.852. The summed E-state index contributed by atoms with van der Waals surface area (Å²) in [4.78, 5) is 2.74. The number of hydrogen-bond acceptors (Lipinski definition) is 2. The largest absolute Gasteiger partial charge is 0.317 e. The van der Waals surface area contributed by atoms with Crippen molar-refractivity contribution in [3.63, 3.8) is 0 Å². The van der Waals surface area contributed by atoms with Crippen LogP contribution in [0, 0.1) is 5.92 Å². The Hall–Kier alpha value is -0.0800. The third-order valence-corrected chi connectivity index (χ3v) is 3.94. The molecule has 1 N–H and O–H groups in total. The molecule has 1 unspecified atom stereocenters. The first kappa shape index (κ1) is 14.0. The molecule has 0 aliphatic carbocycles. The van der Waals surface area contributed by atoms with Gasteiger partial charge in [-0.05, 0) is 57.8 Å². The van der Waals surface area contributed by atoms with Crippen molar-refractivity contribution in [1.82, 2.24) is 10.2 Å². The van der Waals surface area contributed by atoms with Crippen LogP contribution in [0.15, 0.2) is 0 Å². The highest BCUT2D eigenvalue weighted by Gasteiger charge is 2.20. The normalized spacial score (nSPS) is 20.2. The molecule has 16 heavy (non-hydrogen) atoms. The molecule has 2 nitrogen and oxygen atoms in total. The van der Waals surface area contributed by atoms with E-state index in [-0.39, 0.29) is 0 Å². The summed E-state index contributed by atoms with van der Waals surface area (Å²) in [7, 11) is 0. The first-order chi connectivity index (χ1) is 7.77. The molecule has 1 saturated heterocycles. The van der Waals surface area contributed by atoms with E-state index in [2.05, 4.69) is 31.0 Å². The van der Waals surface area contributed by atoms with E-state index in [4.69, 9.17) is 0 Å². The third-order valence-electron chi connectivity index (χ3n) is 3.94. The number of nitrogens with one attached hydrogen (secondary N) is 1. The second-order valence-electron chi connectivity index (χ2n) is 5.32. The summed E-state index contributed by atoms with van der Waals surface area (Å²) in [5.74, 6) is 0.890. The summed E-state index contributed by atoms with van der Waals surface area (Å²) in [6, 6.07) is 0.852. The first-order valence-corrected chi connectivity index (χ1v) is 7.22. The molecule has 0 radical (unpaired) electrons. The quantitative estimate of drug-likeness (QED) is 0.718. The zero-order valence-corrected chi connectivity index (χ0v) is 11.5. The molecule has 1 aliphatic rings. The van der Waals surface area contributed by atoms with Gasteiger partial charge in [0.25, 0.3) is 0 Å². The van der Waals surface area contributed by atoms with E-state index >= 15 is 0 Å². The van der Waals surface area contributed by atoms with Gasteiger partial charge in [-0.3, -0.25) is 0 Å². The van der Waals surface area contributed by atoms with Gasteiger partial charge in [0.15, 0.2) is 0 Å². The van der Waals surface area contributed by atoms with Crippen molar-refractivity contribution in [2.45, 2.75) is 58.9 Å². The fourth-order valence-corrected chi connectivity index (χ4v) is 2.53. The van der Waals surface area contributed by atoms with Crippen LogP contribution in [0.3, 0.4) is 0 Å². The van der Waals surface area contributed by atoms with E-state index in [1.807, 2.05) is 0 Å². The Kier molecular flexibility index (Phi) is 7.06.